The summed E-state index contributed by atoms with van der Waals surface area (Å²) in [6.45, 7) is 0.188. The lowest BCUT2D eigenvalue weighted by Crippen LogP contribution is -1.94. The van der Waals surface area contributed by atoms with Gasteiger partial charge in [-0.3, -0.25) is 0 Å². The maximum atomic E-state index is 13.5. The van der Waals surface area contributed by atoms with Gasteiger partial charge in [0.2, 0.25) is 6.79 Å². The zero-order valence-electron chi connectivity index (χ0n) is 9.65. The predicted octanol–water partition coefficient (Wildman–Crippen LogP) is 3.69. The molecule has 1 aliphatic rings. The molecule has 0 radical (unpaired) electrons. The van der Waals surface area contributed by atoms with E-state index in [4.69, 9.17) is 19.9 Å². The van der Waals surface area contributed by atoms with Crippen molar-refractivity contribution in [2.24, 2.45) is 0 Å². The standard InChI is InChI=1S/C13H9BrFNO3/c14-8-4-10(16)12(5-9(8)15)19-7-1-2-11-13(3-7)18-6-17-11/h1-5H,6,16H2. The minimum Gasteiger partial charge on any atom is -0.455 e. The fourth-order valence-corrected chi connectivity index (χ4v) is 2.06. The van der Waals surface area contributed by atoms with Gasteiger partial charge in [-0.25, -0.2) is 4.39 Å². The molecule has 2 aromatic rings. The van der Waals surface area contributed by atoms with Gasteiger partial charge in [-0.05, 0) is 34.1 Å². The second-order valence-electron chi connectivity index (χ2n) is 3.92. The average molecular weight is 326 g/mol. The lowest BCUT2D eigenvalue weighted by molar-refractivity contribution is 0.174. The number of fused-ring (bicyclic) bond motifs is 1. The van der Waals surface area contributed by atoms with Crippen LogP contribution in [0.15, 0.2) is 34.8 Å². The molecular formula is C13H9BrFNO3. The molecule has 19 heavy (non-hydrogen) atoms. The second kappa shape index (κ2) is 4.62. The highest BCUT2D eigenvalue weighted by molar-refractivity contribution is 9.10. The van der Waals surface area contributed by atoms with Crippen molar-refractivity contribution in [3.8, 4) is 23.0 Å². The molecule has 6 heteroatoms. The SMILES string of the molecule is Nc1cc(Br)c(F)cc1Oc1ccc2c(c1)OCO2. The number of nitrogen functional groups attached to an aromatic ring is 1. The molecule has 2 aromatic carbocycles. The molecule has 4 nitrogen and oxygen atoms in total. The molecule has 0 unspecified atom stereocenters. The zero-order valence-corrected chi connectivity index (χ0v) is 11.2. The molecule has 0 bridgehead atoms. The van der Waals surface area contributed by atoms with Gasteiger partial charge in [-0.1, -0.05) is 0 Å². The van der Waals surface area contributed by atoms with Crippen molar-refractivity contribution in [1.29, 1.82) is 0 Å². The Hall–Kier alpha value is -1.95. The molecule has 0 amide bonds. The van der Waals surface area contributed by atoms with Gasteiger partial charge in [0.1, 0.15) is 11.6 Å². The van der Waals surface area contributed by atoms with Crippen LogP contribution >= 0.6 is 15.9 Å². The summed E-state index contributed by atoms with van der Waals surface area (Å²) in [6, 6.07) is 7.78. The Morgan fingerprint density at radius 3 is 2.79 bits per heavy atom. The van der Waals surface area contributed by atoms with E-state index in [2.05, 4.69) is 15.9 Å². The molecule has 0 aromatic heterocycles. The summed E-state index contributed by atoms with van der Waals surface area (Å²) in [4.78, 5) is 0. The molecule has 0 fully saturated rings. The van der Waals surface area contributed by atoms with Crippen LogP contribution in [0.25, 0.3) is 0 Å². The number of hydrogen-bond donors (Lipinski definition) is 1. The first-order valence-electron chi connectivity index (χ1n) is 5.45. The number of anilines is 1. The molecule has 1 aliphatic heterocycles. The number of hydrogen-bond acceptors (Lipinski definition) is 4. The molecule has 0 saturated carbocycles. The van der Waals surface area contributed by atoms with Crippen molar-refractivity contribution >= 4 is 21.6 Å². The molecule has 0 saturated heterocycles. The van der Waals surface area contributed by atoms with E-state index in [-0.39, 0.29) is 12.5 Å². The van der Waals surface area contributed by atoms with E-state index in [1.807, 2.05) is 0 Å². The third-order valence-electron chi connectivity index (χ3n) is 2.62. The highest BCUT2D eigenvalue weighted by atomic mass is 79.9. The first-order chi connectivity index (χ1) is 9.13. The molecule has 2 N–H and O–H groups in total. The highest BCUT2D eigenvalue weighted by Crippen LogP contribution is 2.38. The minimum absolute atomic E-state index is 0.188. The fraction of sp³-hybridized carbons (Fsp3) is 0.0769. The lowest BCUT2D eigenvalue weighted by Gasteiger charge is -2.09. The Morgan fingerprint density at radius 1 is 1.16 bits per heavy atom. The van der Waals surface area contributed by atoms with Gasteiger partial charge in [0.25, 0.3) is 0 Å². The summed E-state index contributed by atoms with van der Waals surface area (Å²) in [5.74, 6) is 1.55. The van der Waals surface area contributed by atoms with Crippen LogP contribution in [0.1, 0.15) is 0 Å². The summed E-state index contributed by atoms with van der Waals surface area (Å²) in [7, 11) is 0. The van der Waals surface area contributed by atoms with Gasteiger partial charge in [0.05, 0.1) is 10.2 Å². The number of rotatable bonds is 2. The van der Waals surface area contributed by atoms with E-state index in [1.54, 1.807) is 18.2 Å². The summed E-state index contributed by atoms with van der Waals surface area (Å²) in [5, 5.41) is 0. The van der Waals surface area contributed by atoms with Crippen LogP contribution in [-0.2, 0) is 0 Å². The zero-order chi connectivity index (χ0) is 13.4. The monoisotopic (exact) mass is 325 g/mol. The van der Waals surface area contributed by atoms with Crippen LogP contribution in [0.2, 0.25) is 0 Å². The molecule has 0 spiro atoms. The second-order valence-corrected chi connectivity index (χ2v) is 4.78. The van der Waals surface area contributed by atoms with Crippen molar-refractivity contribution in [1.82, 2.24) is 0 Å². The fourth-order valence-electron chi connectivity index (χ4n) is 1.70. The summed E-state index contributed by atoms with van der Waals surface area (Å²) >= 11 is 3.06. The van der Waals surface area contributed by atoms with Crippen molar-refractivity contribution in [3.63, 3.8) is 0 Å². The topological polar surface area (TPSA) is 53.7 Å². The molecule has 3 rings (SSSR count). The predicted molar refractivity (Wildman–Crippen MR) is 71.2 cm³/mol. The van der Waals surface area contributed by atoms with Crippen LogP contribution < -0.4 is 19.9 Å². The largest absolute Gasteiger partial charge is 0.455 e. The van der Waals surface area contributed by atoms with Crippen molar-refractivity contribution in [3.05, 3.63) is 40.6 Å². The molecule has 1 heterocycles. The van der Waals surface area contributed by atoms with E-state index in [0.717, 1.165) is 0 Å². The third kappa shape index (κ3) is 2.31. The van der Waals surface area contributed by atoms with E-state index >= 15 is 0 Å². The Labute approximate surface area is 117 Å². The first-order valence-corrected chi connectivity index (χ1v) is 6.25. The van der Waals surface area contributed by atoms with Crippen LogP contribution in [0.5, 0.6) is 23.0 Å². The number of ether oxygens (including phenoxy) is 3. The van der Waals surface area contributed by atoms with Gasteiger partial charge in [0, 0.05) is 12.1 Å². The van der Waals surface area contributed by atoms with Crippen molar-refractivity contribution in [2.75, 3.05) is 12.5 Å². The summed E-state index contributed by atoms with van der Waals surface area (Å²) in [6.07, 6.45) is 0. The molecule has 0 atom stereocenters. The Kier molecular flexibility index (Phi) is 2.94. The van der Waals surface area contributed by atoms with Gasteiger partial charge in [-0.15, -0.1) is 0 Å². The first kappa shape index (κ1) is 12.1. The van der Waals surface area contributed by atoms with Gasteiger partial charge < -0.3 is 19.9 Å². The maximum Gasteiger partial charge on any atom is 0.231 e. The van der Waals surface area contributed by atoms with E-state index < -0.39 is 5.82 Å². The highest BCUT2D eigenvalue weighted by Gasteiger charge is 2.15. The Bertz CT molecular complexity index is 648. The number of halogens is 2. The van der Waals surface area contributed by atoms with Gasteiger partial charge in [-0.2, -0.15) is 0 Å². The van der Waals surface area contributed by atoms with Crippen LogP contribution in [0.3, 0.4) is 0 Å². The molecule has 0 aliphatic carbocycles. The smallest absolute Gasteiger partial charge is 0.231 e. The molecule has 98 valence electrons. The Balaban J connectivity index is 1.91. The quantitative estimate of drug-likeness (QED) is 0.855. The van der Waals surface area contributed by atoms with E-state index in [0.29, 0.717) is 27.4 Å². The van der Waals surface area contributed by atoms with E-state index in [9.17, 15) is 4.39 Å². The summed E-state index contributed by atoms with van der Waals surface area (Å²) in [5.41, 5.74) is 6.11. The number of nitrogens with two attached hydrogens (primary N) is 1. The van der Waals surface area contributed by atoms with Crippen molar-refractivity contribution < 1.29 is 18.6 Å². The minimum atomic E-state index is -0.440. The summed E-state index contributed by atoms with van der Waals surface area (Å²) < 4.78 is 29.7. The van der Waals surface area contributed by atoms with Crippen molar-refractivity contribution in [2.45, 2.75) is 0 Å². The lowest BCUT2D eigenvalue weighted by atomic mass is 10.2. The van der Waals surface area contributed by atoms with E-state index in [1.165, 1.54) is 12.1 Å². The van der Waals surface area contributed by atoms with Crippen LogP contribution in [-0.4, -0.2) is 6.79 Å². The van der Waals surface area contributed by atoms with Gasteiger partial charge in [0.15, 0.2) is 17.2 Å². The third-order valence-corrected chi connectivity index (χ3v) is 3.23. The average Bonchev–Trinajstić information content (AvgIpc) is 2.83. The normalized spacial score (nSPS) is 12.5. The van der Waals surface area contributed by atoms with Crippen LogP contribution in [0, 0.1) is 5.82 Å². The van der Waals surface area contributed by atoms with Crippen LogP contribution in [0.4, 0.5) is 10.1 Å². The maximum absolute atomic E-state index is 13.5. The molecular weight excluding hydrogens is 317 g/mol. The number of benzene rings is 2. The Morgan fingerprint density at radius 2 is 1.95 bits per heavy atom. The van der Waals surface area contributed by atoms with Gasteiger partial charge >= 0.3 is 0 Å².